The standard InChI is InChI=1S/C7H8BrN3O2/c8-7-4(1-2-6(12)13)10-3-5(9)11-7/h3H,1-2H2,(H2,9,11)(H,12,13). The molecule has 0 atom stereocenters. The molecule has 1 aromatic heterocycles. The van der Waals surface area contributed by atoms with Crippen LogP contribution in [0.5, 0.6) is 0 Å². The van der Waals surface area contributed by atoms with E-state index in [-0.39, 0.29) is 6.42 Å². The lowest BCUT2D eigenvalue weighted by Crippen LogP contribution is -2.02. The molecular weight excluding hydrogens is 238 g/mol. The zero-order chi connectivity index (χ0) is 9.84. The largest absolute Gasteiger partial charge is 0.481 e. The monoisotopic (exact) mass is 245 g/mol. The normalized spacial score (nSPS) is 9.92. The number of anilines is 1. The van der Waals surface area contributed by atoms with Crippen LogP contribution in [0.3, 0.4) is 0 Å². The molecule has 70 valence electrons. The van der Waals surface area contributed by atoms with Crippen LogP contribution in [0.25, 0.3) is 0 Å². The number of aryl methyl sites for hydroxylation is 1. The van der Waals surface area contributed by atoms with Gasteiger partial charge in [-0.25, -0.2) is 4.98 Å². The van der Waals surface area contributed by atoms with Gasteiger partial charge in [-0.05, 0) is 15.9 Å². The van der Waals surface area contributed by atoms with E-state index < -0.39 is 5.97 Å². The Bertz CT molecular complexity index is 330. The van der Waals surface area contributed by atoms with Crippen molar-refractivity contribution in [3.8, 4) is 0 Å². The van der Waals surface area contributed by atoms with E-state index in [1.807, 2.05) is 0 Å². The lowest BCUT2D eigenvalue weighted by atomic mass is 10.2. The third kappa shape index (κ3) is 2.98. The molecule has 3 N–H and O–H groups in total. The average molecular weight is 246 g/mol. The van der Waals surface area contributed by atoms with E-state index in [2.05, 4.69) is 25.9 Å². The van der Waals surface area contributed by atoms with Gasteiger partial charge in [0.15, 0.2) is 0 Å². The molecule has 13 heavy (non-hydrogen) atoms. The van der Waals surface area contributed by atoms with Crippen LogP contribution in [-0.2, 0) is 11.2 Å². The molecule has 0 aromatic carbocycles. The van der Waals surface area contributed by atoms with Crippen molar-refractivity contribution in [1.82, 2.24) is 9.97 Å². The van der Waals surface area contributed by atoms with Crippen molar-refractivity contribution < 1.29 is 9.90 Å². The maximum atomic E-state index is 10.3. The Kier molecular flexibility index (Phi) is 3.18. The number of aromatic nitrogens is 2. The number of carboxylic acids is 1. The Morgan fingerprint density at radius 1 is 1.69 bits per heavy atom. The number of aliphatic carboxylic acids is 1. The lowest BCUT2D eigenvalue weighted by Gasteiger charge is -2.00. The Labute approximate surface area is 83.1 Å². The molecule has 0 radical (unpaired) electrons. The first-order valence-electron chi connectivity index (χ1n) is 3.58. The molecule has 1 aromatic rings. The van der Waals surface area contributed by atoms with E-state index in [1.165, 1.54) is 6.20 Å². The summed E-state index contributed by atoms with van der Waals surface area (Å²) in [6.45, 7) is 0. The van der Waals surface area contributed by atoms with Crippen LogP contribution in [0.4, 0.5) is 5.82 Å². The van der Waals surface area contributed by atoms with Gasteiger partial charge in [-0.1, -0.05) is 0 Å². The van der Waals surface area contributed by atoms with Crippen LogP contribution in [0.1, 0.15) is 12.1 Å². The van der Waals surface area contributed by atoms with Gasteiger partial charge in [-0.2, -0.15) is 0 Å². The highest BCUT2D eigenvalue weighted by Crippen LogP contribution is 2.14. The third-order valence-corrected chi connectivity index (χ3v) is 2.03. The van der Waals surface area contributed by atoms with Gasteiger partial charge in [-0.3, -0.25) is 9.78 Å². The fraction of sp³-hybridized carbons (Fsp3) is 0.286. The minimum atomic E-state index is -0.856. The average Bonchev–Trinajstić information content (AvgIpc) is 2.02. The van der Waals surface area contributed by atoms with Crippen LogP contribution in [0, 0.1) is 0 Å². The second-order valence-corrected chi connectivity index (χ2v) is 3.18. The Morgan fingerprint density at radius 2 is 2.38 bits per heavy atom. The predicted octanol–water partition coefficient (Wildman–Crippen LogP) is 0.839. The van der Waals surface area contributed by atoms with Gasteiger partial charge >= 0.3 is 5.97 Å². The van der Waals surface area contributed by atoms with Gasteiger partial charge in [0.2, 0.25) is 0 Å². The number of nitrogen functional groups attached to an aromatic ring is 1. The van der Waals surface area contributed by atoms with Crippen LogP contribution >= 0.6 is 15.9 Å². The SMILES string of the molecule is Nc1cnc(CCC(=O)O)c(Br)n1. The zero-order valence-corrected chi connectivity index (χ0v) is 8.28. The summed E-state index contributed by atoms with van der Waals surface area (Å²) in [6.07, 6.45) is 1.79. The van der Waals surface area contributed by atoms with E-state index in [9.17, 15) is 4.79 Å². The first-order chi connectivity index (χ1) is 6.09. The maximum absolute atomic E-state index is 10.3. The molecule has 5 nitrogen and oxygen atoms in total. The molecule has 1 rings (SSSR count). The van der Waals surface area contributed by atoms with Crippen molar-refractivity contribution >= 4 is 27.7 Å². The maximum Gasteiger partial charge on any atom is 0.303 e. The van der Waals surface area contributed by atoms with Gasteiger partial charge < -0.3 is 10.8 Å². The molecule has 0 bridgehead atoms. The number of nitrogens with two attached hydrogens (primary N) is 1. The molecule has 0 amide bonds. The molecule has 0 fully saturated rings. The minimum Gasteiger partial charge on any atom is -0.481 e. The molecule has 0 aliphatic heterocycles. The molecule has 0 saturated heterocycles. The van der Waals surface area contributed by atoms with Crippen molar-refractivity contribution in [1.29, 1.82) is 0 Å². The van der Waals surface area contributed by atoms with Crippen LogP contribution < -0.4 is 5.73 Å². The molecular formula is C7H8BrN3O2. The third-order valence-electron chi connectivity index (χ3n) is 1.39. The second kappa shape index (κ2) is 4.18. The summed E-state index contributed by atoms with van der Waals surface area (Å²) in [6, 6.07) is 0. The highest BCUT2D eigenvalue weighted by Gasteiger charge is 2.05. The number of carboxylic acid groups (broad SMARTS) is 1. The van der Waals surface area contributed by atoms with Crippen molar-refractivity contribution in [2.45, 2.75) is 12.8 Å². The van der Waals surface area contributed by atoms with Gasteiger partial charge in [0.1, 0.15) is 10.4 Å². The summed E-state index contributed by atoms with van der Waals surface area (Å²) in [7, 11) is 0. The van der Waals surface area contributed by atoms with Crippen molar-refractivity contribution in [2.75, 3.05) is 5.73 Å². The van der Waals surface area contributed by atoms with Crippen molar-refractivity contribution in [2.24, 2.45) is 0 Å². The number of hydrogen-bond acceptors (Lipinski definition) is 4. The summed E-state index contributed by atoms with van der Waals surface area (Å²) in [5.41, 5.74) is 5.97. The second-order valence-electron chi connectivity index (χ2n) is 2.43. The summed E-state index contributed by atoms with van der Waals surface area (Å²) in [5, 5.41) is 8.43. The Morgan fingerprint density at radius 3 is 2.92 bits per heavy atom. The molecule has 0 saturated carbocycles. The Hall–Kier alpha value is -1.17. The fourth-order valence-electron chi connectivity index (χ4n) is 0.797. The molecule has 1 heterocycles. The summed E-state index contributed by atoms with van der Waals surface area (Å²) in [5.74, 6) is -0.545. The van der Waals surface area contributed by atoms with E-state index >= 15 is 0 Å². The van der Waals surface area contributed by atoms with Gasteiger partial charge in [-0.15, -0.1) is 0 Å². The number of halogens is 1. The minimum absolute atomic E-state index is 0.0389. The van der Waals surface area contributed by atoms with E-state index in [1.54, 1.807) is 0 Å². The molecule has 6 heteroatoms. The topological polar surface area (TPSA) is 89.1 Å². The number of hydrogen-bond donors (Lipinski definition) is 2. The predicted molar refractivity (Wildman–Crippen MR) is 50.1 cm³/mol. The van der Waals surface area contributed by atoms with E-state index in [0.717, 1.165) is 0 Å². The molecule has 0 aliphatic carbocycles. The van der Waals surface area contributed by atoms with Gasteiger partial charge in [0, 0.05) is 6.42 Å². The summed E-state index contributed by atoms with van der Waals surface area (Å²) >= 11 is 3.15. The fourth-order valence-corrected chi connectivity index (χ4v) is 1.30. The zero-order valence-electron chi connectivity index (χ0n) is 6.70. The number of nitrogens with zero attached hydrogens (tertiary/aromatic N) is 2. The lowest BCUT2D eigenvalue weighted by molar-refractivity contribution is -0.136. The number of rotatable bonds is 3. The summed E-state index contributed by atoms with van der Waals surface area (Å²) < 4.78 is 0.508. The van der Waals surface area contributed by atoms with Gasteiger partial charge in [0.05, 0.1) is 18.3 Å². The van der Waals surface area contributed by atoms with E-state index in [4.69, 9.17) is 10.8 Å². The van der Waals surface area contributed by atoms with Crippen LogP contribution in [-0.4, -0.2) is 21.0 Å². The molecule has 0 aliphatic rings. The highest BCUT2D eigenvalue weighted by molar-refractivity contribution is 9.10. The van der Waals surface area contributed by atoms with E-state index in [0.29, 0.717) is 22.5 Å². The summed E-state index contributed by atoms with van der Waals surface area (Å²) in [4.78, 5) is 18.1. The number of carbonyl (C=O) groups is 1. The highest BCUT2D eigenvalue weighted by atomic mass is 79.9. The first kappa shape index (κ1) is 9.91. The van der Waals surface area contributed by atoms with Gasteiger partial charge in [0.25, 0.3) is 0 Å². The quantitative estimate of drug-likeness (QED) is 0.824. The Balaban J connectivity index is 2.72. The van der Waals surface area contributed by atoms with Crippen molar-refractivity contribution in [3.63, 3.8) is 0 Å². The smallest absolute Gasteiger partial charge is 0.303 e. The molecule has 0 spiro atoms. The van der Waals surface area contributed by atoms with Crippen molar-refractivity contribution in [3.05, 3.63) is 16.5 Å². The first-order valence-corrected chi connectivity index (χ1v) is 4.37. The molecule has 0 unspecified atom stereocenters. The van der Waals surface area contributed by atoms with Crippen LogP contribution in [0.15, 0.2) is 10.8 Å². The van der Waals surface area contributed by atoms with Crippen LogP contribution in [0.2, 0.25) is 0 Å².